The SMILES string of the molecule is CC1CN(Cc2ccc(-c3cnn(C)c3)s2)CC1N. The van der Waals surface area contributed by atoms with Gasteiger partial charge in [-0.1, -0.05) is 6.92 Å². The summed E-state index contributed by atoms with van der Waals surface area (Å²) in [4.78, 5) is 5.15. The summed E-state index contributed by atoms with van der Waals surface area (Å²) < 4.78 is 1.84. The quantitative estimate of drug-likeness (QED) is 0.932. The van der Waals surface area contributed by atoms with Crippen molar-refractivity contribution in [2.24, 2.45) is 18.7 Å². The van der Waals surface area contributed by atoms with E-state index in [0.29, 0.717) is 12.0 Å². The molecule has 2 aromatic rings. The molecule has 0 bridgehead atoms. The number of aromatic nitrogens is 2. The lowest BCUT2D eigenvalue weighted by atomic mass is 10.1. The lowest BCUT2D eigenvalue weighted by Crippen LogP contribution is -2.28. The van der Waals surface area contributed by atoms with Gasteiger partial charge in [0.25, 0.3) is 0 Å². The third-order valence-electron chi connectivity index (χ3n) is 3.78. The molecule has 0 amide bonds. The highest BCUT2D eigenvalue weighted by atomic mass is 32.1. The predicted molar refractivity (Wildman–Crippen MR) is 78.9 cm³/mol. The molecule has 3 heterocycles. The first-order chi connectivity index (χ1) is 9.11. The summed E-state index contributed by atoms with van der Waals surface area (Å²) in [5.74, 6) is 0.609. The maximum absolute atomic E-state index is 6.07. The van der Waals surface area contributed by atoms with Gasteiger partial charge in [0.1, 0.15) is 0 Å². The number of hydrogen-bond acceptors (Lipinski definition) is 4. The Labute approximate surface area is 117 Å². The first kappa shape index (κ1) is 12.8. The van der Waals surface area contributed by atoms with Crippen molar-refractivity contribution in [1.29, 1.82) is 0 Å². The Balaban J connectivity index is 1.69. The van der Waals surface area contributed by atoms with E-state index in [9.17, 15) is 0 Å². The van der Waals surface area contributed by atoms with Crippen LogP contribution in [0.3, 0.4) is 0 Å². The topological polar surface area (TPSA) is 47.1 Å². The Hall–Kier alpha value is -1.17. The molecule has 3 rings (SSSR count). The Morgan fingerprint density at radius 3 is 2.89 bits per heavy atom. The molecule has 5 heteroatoms. The molecule has 0 spiro atoms. The van der Waals surface area contributed by atoms with Gasteiger partial charge in [0.05, 0.1) is 6.20 Å². The number of likely N-dealkylation sites (tertiary alicyclic amines) is 1. The molecule has 102 valence electrons. The third-order valence-corrected chi connectivity index (χ3v) is 4.90. The number of aryl methyl sites for hydroxylation is 1. The van der Waals surface area contributed by atoms with Gasteiger partial charge < -0.3 is 5.73 Å². The highest BCUT2D eigenvalue weighted by Gasteiger charge is 2.26. The van der Waals surface area contributed by atoms with Crippen LogP contribution in [0.4, 0.5) is 0 Å². The fraction of sp³-hybridized carbons (Fsp3) is 0.500. The smallest absolute Gasteiger partial charge is 0.0576 e. The van der Waals surface area contributed by atoms with Crippen LogP contribution in [0.15, 0.2) is 24.5 Å². The minimum Gasteiger partial charge on any atom is -0.326 e. The standard InChI is InChI=1S/C14H20N4S/c1-10-6-18(9-13(10)15)8-12-3-4-14(19-12)11-5-16-17(2)7-11/h3-5,7,10,13H,6,8-9,15H2,1-2H3. The van der Waals surface area contributed by atoms with Gasteiger partial charge in [0, 0.05) is 54.2 Å². The van der Waals surface area contributed by atoms with Crippen LogP contribution in [0, 0.1) is 5.92 Å². The molecule has 1 saturated heterocycles. The van der Waals surface area contributed by atoms with Crippen molar-refractivity contribution in [1.82, 2.24) is 14.7 Å². The van der Waals surface area contributed by atoms with Crippen LogP contribution in [0.2, 0.25) is 0 Å². The molecule has 1 aliphatic heterocycles. The molecule has 1 fully saturated rings. The second-order valence-corrected chi connectivity index (χ2v) is 6.67. The molecule has 2 aromatic heterocycles. The van der Waals surface area contributed by atoms with E-state index in [-0.39, 0.29) is 0 Å². The van der Waals surface area contributed by atoms with Crippen molar-refractivity contribution in [2.45, 2.75) is 19.5 Å². The molecule has 0 saturated carbocycles. The number of nitrogens with two attached hydrogens (primary N) is 1. The van der Waals surface area contributed by atoms with Gasteiger partial charge in [0.15, 0.2) is 0 Å². The zero-order chi connectivity index (χ0) is 13.4. The fourth-order valence-corrected chi connectivity index (χ4v) is 3.64. The number of nitrogens with zero attached hydrogens (tertiary/aromatic N) is 3. The van der Waals surface area contributed by atoms with Crippen molar-refractivity contribution in [2.75, 3.05) is 13.1 Å². The molecular formula is C14H20N4S. The first-order valence-corrected chi connectivity index (χ1v) is 7.49. The van der Waals surface area contributed by atoms with Crippen LogP contribution < -0.4 is 5.73 Å². The highest BCUT2D eigenvalue weighted by Crippen LogP contribution is 2.29. The normalized spacial score (nSPS) is 24.2. The van der Waals surface area contributed by atoms with Gasteiger partial charge in [-0.2, -0.15) is 5.10 Å². The summed E-state index contributed by atoms with van der Waals surface area (Å²) in [6.07, 6.45) is 3.98. The van der Waals surface area contributed by atoms with E-state index in [1.165, 1.54) is 15.3 Å². The first-order valence-electron chi connectivity index (χ1n) is 6.67. The molecule has 0 aliphatic carbocycles. The number of hydrogen-bond donors (Lipinski definition) is 1. The molecule has 0 aromatic carbocycles. The number of rotatable bonds is 3. The molecule has 2 atom stereocenters. The maximum atomic E-state index is 6.07. The molecule has 0 radical (unpaired) electrons. The second-order valence-electron chi connectivity index (χ2n) is 5.50. The van der Waals surface area contributed by atoms with Crippen molar-refractivity contribution < 1.29 is 0 Å². The Bertz CT molecular complexity index is 549. The van der Waals surface area contributed by atoms with Gasteiger partial charge in [-0.05, 0) is 18.1 Å². The van der Waals surface area contributed by atoms with Crippen LogP contribution in [0.1, 0.15) is 11.8 Å². The van der Waals surface area contributed by atoms with E-state index in [1.54, 1.807) is 0 Å². The minimum absolute atomic E-state index is 0.331. The van der Waals surface area contributed by atoms with Gasteiger partial charge in [-0.15, -0.1) is 11.3 Å². The molecule has 4 nitrogen and oxygen atoms in total. The van der Waals surface area contributed by atoms with Crippen molar-refractivity contribution in [3.8, 4) is 10.4 Å². The van der Waals surface area contributed by atoms with Gasteiger partial charge >= 0.3 is 0 Å². The monoisotopic (exact) mass is 276 g/mol. The Morgan fingerprint density at radius 1 is 1.42 bits per heavy atom. The lowest BCUT2D eigenvalue weighted by molar-refractivity contribution is 0.322. The second kappa shape index (κ2) is 5.07. The summed E-state index contributed by atoms with van der Waals surface area (Å²) in [7, 11) is 1.95. The van der Waals surface area contributed by atoms with E-state index >= 15 is 0 Å². The van der Waals surface area contributed by atoms with Crippen molar-refractivity contribution >= 4 is 11.3 Å². The van der Waals surface area contributed by atoms with Crippen LogP contribution in [0.25, 0.3) is 10.4 Å². The summed E-state index contributed by atoms with van der Waals surface area (Å²) in [5, 5.41) is 4.22. The largest absolute Gasteiger partial charge is 0.326 e. The maximum Gasteiger partial charge on any atom is 0.0576 e. The van der Waals surface area contributed by atoms with E-state index in [4.69, 9.17) is 5.73 Å². The predicted octanol–water partition coefficient (Wildman–Crippen LogP) is 1.93. The van der Waals surface area contributed by atoms with Gasteiger partial charge in [-0.25, -0.2) is 0 Å². The zero-order valence-corrected chi connectivity index (χ0v) is 12.2. The molecule has 1 aliphatic rings. The summed E-state index contributed by atoms with van der Waals surface area (Å²) >= 11 is 1.85. The molecular weight excluding hydrogens is 256 g/mol. The van der Waals surface area contributed by atoms with E-state index in [0.717, 1.165) is 19.6 Å². The lowest BCUT2D eigenvalue weighted by Gasteiger charge is -2.13. The third kappa shape index (κ3) is 2.73. The Kier molecular flexibility index (Phi) is 3.43. The molecule has 2 unspecified atom stereocenters. The van der Waals surface area contributed by atoms with Crippen LogP contribution >= 0.6 is 11.3 Å². The van der Waals surface area contributed by atoms with Crippen molar-refractivity contribution in [3.63, 3.8) is 0 Å². The summed E-state index contributed by atoms with van der Waals surface area (Å²) in [6.45, 7) is 5.38. The number of thiophene rings is 1. The van der Waals surface area contributed by atoms with Crippen LogP contribution in [-0.2, 0) is 13.6 Å². The van der Waals surface area contributed by atoms with Crippen molar-refractivity contribution in [3.05, 3.63) is 29.4 Å². The highest BCUT2D eigenvalue weighted by molar-refractivity contribution is 7.15. The van der Waals surface area contributed by atoms with E-state index in [1.807, 2.05) is 29.3 Å². The molecule has 2 N–H and O–H groups in total. The van der Waals surface area contributed by atoms with Crippen LogP contribution in [0.5, 0.6) is 0 Å². The summed E-state index contributed by atoms with van der Waals surface area (Å²) in [5.41, 5.74) is 7.27. The van der Waals surface area contributed by atoms with E-state index < -0.39 is 0 Å². The van der Waals surface area contributed by atoms with Gasteiger partial charge in [-0.3, -0.25) is 9.58 Å². The Morgan fingerprint density at radius 2 is 2.26 bits per heavy atom. The average molecular weight is 276 g/mol. The van der Waals surface area contributed by atoms with E-state index in [2.05, 4.69) is 35.3 Å². The summed E-state index contributed by atoms with van der Waals surface area (Å²) in [6, 6.07) is 4.75. The fourth-order valence-electron chi connectivity index (χ4n) is 2.61. The zero-order valence-electron chi connectivity index (χ0n) is 11.4. The van der Waals surface area contributed by atoms with Gasteiger partial charge in [0.2, 0.25) is 0 Å². The van der Waals surface area contributed by atoms with Crippen LogP contribution in [-0.4, -0.2) is 33.8 Å². The minimum atomic E-state index is 0.331. The molecule has 19 heavy (non-hydrogen) atoms. The average Bonchev–Trinajstić information content (AvgIpc) is 3.03.